The number of ether oxygens (including phenoxy) is 2. The number of hydrogen-bond acceptors (Lipinski definition) is 6. The number of esters is 2. The summed E-state index contributed by atoms with van der Waals surface area (Å²) in [6, 6.07) is 0. The highest BCUT2D eigenvalue weighted by Gasteiger charge is 2.31. The Morgan fingerprint density at radius 1 is 0.537 bits per heavy atom. The molecule has 0 bridgehead atoms. The van der Waals surface area contributed by atoms with Crippen LogP contribution >= 0.6 is 0 Å². The van der Waals surface area contributed by atoms with Gasteiger partial charge in [0.25, 0.3) is 0 Å². The van der Waals surface area contributed by atoms with Crippen molar-refractivity contribution in [2.75, 3.05) is 32.8 Å². The van der Waals surface area contributed by atoms with Crippen LogP contribution in [0.5, 0.6) is 0 Å². The fourth-order valence-electron chi connectivity index (χ4n) is 7.47. The molecule has 54 heavy (non-hydrogen) atoms. The summed E-state index contributed by atoms with van der Waals surface area (Å²) in [5.74, 6) is -0.0307. The van der Waals surface area contributed by atoms with E-state index in [0.29, 0.717) is 13.0 Å². The molecule has 0 aliphatic rings. The van der Waals surface area contributed by atoms with Crippen LogP contribution in [0.2, 0.25) is 0 Å². The van der Waals surface area contributed by atoms with Crippen LogP contribution in [-0.4, -0.2) is 60.9 Å². The van der Waals surface area contributed by atoms with Gasteiger partial charge in [-0.15, -0.1) is 0 Å². The average Bonchev–Trinajstić information content (AvgIpc) is 3.14. The van der Waals surface area contributed by atoms with Gasteiger partial charge >= 0.3 is 11.9 Å². The summed E-state index contributed by atoms with van der Waals surface area (Å²) in [5, 5.41) is 9.65. The molecule has 0 aromatic rings. The minimum Gasteiger partial charge on any atom is -0.465 e. The topological polar surface area (TPSA) is 76.1 Å². The van der Waals surface area contributed by atoms with Crippen LogP contribution in [-0.2, 0) is 19.1 Å². The Kier molecular flexibility index (Phi) is 35.5. The van der Waals surface area contributed by atoms with E-state index in [2.05, 4.69) is 53.4 Å². The van der Waals surface area contributed by atoms with Crippen molar-refractivity contribution in [2.45, 2.75) is 254 Å². The number of nitrogens with zero attached hydrogens (tertiary/aromatic N) is 1. The number of aliphatic hydroxyl groups is 1. The van der Waals surface area contributed by atoms with Crippen LogP contribution in [0.25, 0.3) is 0 Å². The maximum atomic E-state index is 13.4. The van der Waals surface area contributed by atoms with E-state index in [1.54, 1.807) is 0 Å². The van der Waals surface area contributed by atoms with Gasteiger partial charge in [-0.25, -0.2) is 0 Å². The highest BCUT2D eigenvalue weighted by molar-refractivity contribution is 5.76. The van der Waals surface area contributed by atoms with Crippen molar-refractivity contribution < 1.29 is 24.2 Å². The average molecular weight is 766 g/mol. The first-order chi connectivity index (χ1) is 26.0. The Balaban J connectivity index is 4.31. The standard InChI is InChI=1S/C48H95NO5/c1-8-11-14-17-20-27-34-44(35-28-21-18-15-12-9-2)54-46(52)48(6,7)38-31-24-26-33-40-49(41-42-50)39-32-25-23-30-37-47(4,5)43-53-45(51)36-29-22-19-16-13-10-3/h44,50H,8-43H2,1-7H3. The van der Waals surface area contributed by atoms with Crippen molar-refractivity contribution in [3.8, 4) is 0 Å². The largest absolute Gasteiger partial charge is 0.465 e. The van der Waals surface area contributed by atoms with Gasteiger partial charge in [-0.3, -0.25) is 9.59 Å². The summed E-state index contributed by atoms with van der Waals surface area (Å²) in [6.07, 6.45) is 36.2. The fraction of sp³-hybridized carbons (Fsp3) is 0.958. The molecule has 0 fully saturated rings. The van der Waals surface area contributed by atoms with E-state index in [9.17, 15) is 14.7 Å². The number of carbonyl (C=O) groups is 2. The molecule has 0 aromatic carbocycles. The van der Waals surface area contributed by atoms with E-state index in [-0.39, 0.29) is 30.1 Å². The SMILES string of the molecule is CCCCCCCCC(=O)OCC(C)(C)CCCCCCN(CCO)CCCCCCC(C)(C)C(=O)OC(CCCCCCCC)CCCCCCCC. The fourth-order valence-corrected chi connectivity index (χ4v) is 7.47. The van der Waals surface area contributed by atoms with Crippen LogP contribution in [0.1, 0.15) is 248 Å². The summed E-state index contributed by atoms with van der Waals surface area (Å²) in [5.41, 5.74) is -0.408. The molecule has 0 radical (unpaired) electrons. The Morgan fingerprint density at radius 2 is 0.963 bits per heavy atom. The Bertz CT molecular complexity index is 827. The molecule has 6 heteroatoms. The van der Waals surface area contributed by atoms with Crippen LogP contribution in [0.3, 0.4) is 0 Å². The smallest absolute Gasteiger partial charge is 0.311 e. The van der Waals surface area contributed by atoms with Crippen molar-refractivity contribution in [1.29, 1.82) is 0 Å². The molecule has 1 N–H and O–H groups in total. The van der Waals surface area contributed by atoms with Gasteiger partial charge in [0.2, 0.25) is 0 Å². The van der Waals surface area contributed by atoms with Crippen LogP contribution < -0.4 is 0 Å². The predicted octanol–water partition coefficient (Wildman–Crippen LogP) is 13.9. The Hall–Kier alpha value is -1.14. The zero-order valence-corrected chi connectivity index (χ0v) is 37.6. The van der Waals surface area contributed by atoms with Gasteiger partial charge in [0, 0.05) is 13.0 Å². The van der Waals surface area contributed by atoms with Crippen molar-refractivity contribution in [3.05, 3.63) is 0 Å². The molecule has 0 atom stereocenters. The first kappa shape index (κ1) is 52.9. The molecule has 0 aliphatic carbocycles. The van der Waals surface area contributed by atoms with Crippen molar-refractivity contribution in [3.63, 3.8) is 0 Å². The minimum atomic E-state index is -0.434. The van der Waals surface area contributed by atoms with E-state index < -0.39 is 5.41 Å². The highest BCUT2D eigenvalue weighted by Crippen LogP contribution is 2.29. The predicted molar refractivity (Wildman–Crippen MR) is 232 cm³/mol. The molecule has 0 heterocycles. The van der Waals surface area contributed by atoms with E-state index in [0.717, 1.165) is 96.7 Å². The zero-order chi connectivity index (χ0) is 40.2. The molecule has 0 unspecified atom stereocenters. The molecule has 0 saturated carbocycles. The quantitative estimate of drug-likeness (QED) is 0.0493. The molecule has 6 nitrogen and oxygen atoms in total. The lowest BCUT2D eigenvalue weighted by Crippen LogP contribution is -2.31. The number of rotatable bonds is 41. The van der Waals surface area contributed by atoms with Gasteiger partial charge in [0.1, 0.15) is 6.10 Å². The molecule has 0 saturated heterocycles. The molecular formula is C48H95NO5. The van der Waals surface area contributed by atoms with E-state index in [4.69, 9.17) is 9.47 Å². The van der Waals surface area contributed by atoms with Gasteiger partial charge in [0.05, 0.1) is 18.6 Å². The second-order valence-corrected chi connectivity index (χ2v) is 18.3. The van der Waals surface area contributed by atoms with Crippen LogP contribution in [0.4, 0.5) is 0 Å². The van der Waals surface area contributed by atoms with Gasteiger partial charge in [-0.05, 0) is 90.1 Å². The monoisotopic (exact) mass is 766 g/mol. The Labute approximate surface area is 337 Å². The lowest BCUT2D eigenvalue weighted by Gasteiger charge is -2.27. The molecule has 0 aromatic heterocycles. The van der Waals surface area contributed by atoms with Gasteiger partial charge < -0.3 is 19.5 Å². The van der Waals surface area contributed by atoms with Crippen LogP contribution in [0.15, 0.2) is 0 Å². The summed E-state index contributed by atoms with van der Waals surface area (Å²) in [6.45, 7) is 18.9. The maximum Gasteiger partial charge on any atom is 0.311 e. The Morgan fingerprint density at radius 3 is 1.46 bits per heavy atom. The molecule has 322 valence electrons. The first-order valence-electron chi connectivity index (χ1n) is 23.7. The van der Waals surface area contributed by atoms with Crippen molar-refractivity contribution in [2.24, 2.45) is 10.8 Å². The molecule has 0 spiro atoms. The molecular weight excluding hydrogens is 671 g/mol. The summed E-state index contributed by atoms with van der Waals surface area (Å²) in [4.78, 5) is 28.0. The minimum absolute atomic E-state index is 0.00406. The van der Waals surface area contributed by atoms with Crippen molar-refractivity contribution >= 4 is 11.9 Å². The normalized spacial score (nSPS) is 12.3. The van der Waals surface area contributed by atoms with E-state index >= 15 is 0 Å². The highest BCUT2D eigenvalue weighted by atomic mass is 16.5. The number of hydrogen-bond donors (Lipinski definition) is 1. The van der Waals surface area contributed by atoms with E-state index in [1.807, 2.05) is 0 Å². The number of unbranched alkanes of at least 4 members (excludes halogenated alkanes) is 21. The molecule has 0 rings (SSSR count). The van der Waals surface area contributed by atoms with Crippen molar-refractivity contribution in [1.82, 2.24) is 4.90 Å². The molecule has 0 aliphatic heterocycles. The van der Waals surface area contributed by atoms with E-state index in [1.165, 1.54) is 116 Å². The number of carbonyl (C=O) groups excluding carboxylic acids is 2. The van der Waals surface area contributed by atoms with Gasteiger partial charge in [-0.2, -0.15) is 0 Å². The van der Waals surface area contributed by atoms with Gasteiger partial charge in [-0.1, -0.05) is 169 Å². The second-order valence-electron chi connectivity index (χ2n) is 18.3. The maximum absolute atomic E-state index is 13.4. The third-order valence-electron chi connectivity index (χ3n) is 11.5. The van der Waals surface area contributed by atoms with Crippen LogP contribution in [0, 0.1) is 10.8 Å². The third kappa shape index (κ3) is 33.0. The lowest BCUT2D eigenvalue weighted by atomic mass is 9.86. The summed E-state index contributed by atoms with van der Waals surface area (Å²) >= 11 is 0. The third-order valence-corrected chi connectivity index (χ3v) is 11.5. The summed E-state index contributed by atoms with van der Waals surface area (Å²) < 4.78 is 11.9. The van der Waals surface area contributed by atoms with Gasteiger partial charge in [0.15, 0.2) is 0 Å². The molecule has 0 amide bonds. The number of aliphatic hydroxyl groups excluding tert-OH is 1. The lowest BCUT2D eigenvalue weighted by molar-refractivity contribution is -0.161. The second kappa shape index (κ2) is 36.2. The summed E-state index contributed by atoms with van der Waals surface area (Å²) in [7, 11) is 0. The zero-order valence-electron chi connectivity index (χ0n) is 37.6. The first-order valence-corrected chi connectivity index (χ1v) is 23.7.